The van der Waals surface area contributed by atoms with Gasteiger partial charge in [-0.05, 0) is 24.6 Å². The van der Waals surface area contributed by atoms with Gasteiger partial charge in [-0.2, -0.15) is 0 Å². The molecule has 2 unspecified atom stereocenters. The summed E-state index contributed by atoms with van der Waals surface area (Å²) in [6, 6.07) is 6.05. The zero-order valence-corrected chi connectivity index (χ0v) is 10.9. The number of rotatable bonds is 4. The summed E-state index contributed by atoms with van der Waals surface area (Å²) in [5.74, 6) is 0.533. The molecule has 1 rings (SSSR count). The highest BCUT2D eigenvalue weighted by Crippen LogP contribution is 2.33. The molecule has 0 heterocycles. The molecular formula is C12H17Cl2N. The lowest BCUT2D eigenvalue weighted by atomic mass is 9.92. The van der Waals surface area contributed by atoms with Gasteiger partial charge < -0.3 is 5.32 Å². The summed E-state index contributed by atoms with van der Waals surface area (Å²) in [5, 5.41) is 4.58. The molecule has 1 nitrogen and oxygen atoms in total. The fourth-order valence-corrected chi connectivity index (χ4v) is 2.17. The molecule has 0 aliphatic heterocycles. The van der Waals surface area contributed by atoms with E-state index in [9.17, 15) is 0 Å². The van der Waals surface area contributed by atoms with Crippen LogP contribution in [0.25, 0.3) is 0 Å². The Morgan fingerprint density at radius 1 is 1.33 bits per heavy atom. The van der Waals surface area contributed by atoms with Gasteiger partial charge in [0.1, 0.15) is 0 Å². The Balaban J connectivity index is 3.07. The lowest BCUT2D eigenvalue weighted by Crippen LogP contribution is -2.23. The molecule has 84 valence electrons. The van der Waals surface area contributed by atoms with Gasteiger partial charge in [0.05, 0.1) is 10.0 Å². The summed E-state index contributed by atoms with van der Waals surface area (Å²) < 4.78 is 0. The van der Waals surface area contributed by atoms with E-state index in [4.69, 9.17) is 23.2 Å². The molecule has 0 amide bonds. The molecule has 0 aliphatic carbocycles. The molecule has 2 atom stereocenters. The minimum Gasteiger partial charge on any atom is -0.313 e. The van der Waals surface area contributed by atoms with Gasteiger partial charge in [-0.25, -0.2) is 0 Å². The summed E-state index contributed by atoms with van der Waals surface area (Å²) in [5.41, 5.74) is 1.08. The van der Waals surface area contributed by atoms with Crippen molar-refractivity contribution in [3.8, 4) is 0 Å². The third-order valence-corrected chi connectivity index (χ3v) is 3.67. The number of halogens is 2. The average molecular weight is 246 g/mol. The number of hydrogen-bond acceptors (Lipinski definition) is 1. The number of hydrogen-bond donors (Lipinski definition) is 1. The van der Waals surface area contributed by atoms with Crippen LogP contribution < -0.4 is 5.32 Å². The SMILES string of the molecule is CCC(C)C(NC)c1cccc(Cl)c1Cl. The van der Waals surface area contributed by atoms with E-state index in [-0.39, 0.29) is 6.04 Å². The molecule has 0 bridgehead atoms. The van der Waals surface area contributed by atoms with Gasteiger partial charge in [0.15, 0.2) is 0 Å². The van der Waals surface area contributed by atoms with E-state index in [0.717, 1.165) is 12.0 Å². The summed E-state index contributed by atoms with van der Waals surface area (Å²) in [4.78, 5) is 0. The van der Waals surface area contributed by atoms with E-state index in [1.807, 2.05) is 25.2 Å². The Morgan fingerprint density at radius 3 is 2.53 bits per heavy atom. The maximum absolute atomic E-state index is 6.20. The maximum Gasteiger partial charge on any atom is 0.0640 e. The molecule has 0 saturated heterocycles. The minimum absolute atomic E-state index is 0.265. The molecule has 0 aromatic heterocycles. The lowest BCUT2D eigenvalue weighted by Gasteiger charge is -2.24. The molecule has 15 heavy (non-hydrogen) atoms. The van der Waals surface area contributed by atoms with Gasteiger partial charge >= 0.3 is 0 Å². The molecule has 0 radical (unpaired) electrons. The van der Waals surface area contributed by atoms with Crippen LogP contribution in [0.2, 0.25) is 10.0 Å². The van der Waals surface area contributed by atoms with Gasteiger partial charge in [0, 0.05) is 6.04 Å². The van der Waals surface area contributed by atoms with E-state index in [0.29, 0.717) is 16.0 Å². The average Bonchev–Trinajstić information content (AvgIpc) is 2.24. The van der Waals surface area contributed by atoms with Crippen LogP contribution >= 0.6 is 23.2 Å². The quantitative estimate of drug-likeness (QED) is 0.835. The van der Waals surface area contributed by atoms with Crippen molar-refractivity contribution in [1.82, 2.24) is 5.32 Å². The van der Waals surface area contributed by atoms with Crippen molar-refractivity contribution >= 4 is 23.2 Å². The normalized spacial score (nSPS) is 15.0. The van der Waals surface area contributed by atoms with E-state index >= 15 is 0 Å². The molecule has 1 aromatic rings. The zero-order chi connectivity index (χ0) is 11.4. The Morgan fingerprint density at radius 2 is 2.00 bits per heavy atom. The van der Waals surface area contributed by atoms with E-state index < -0.39 is 0 Å². The standard InChI is InChI=1S/C12H17Cl2N/c1-4-8(2)12(15-3)9-6-5-7-10(13)11(9)14/h5-8,12,15H,4H2,1-3H3. The summed E-state index contributed by atoms with van der Waals surface area (Å²) in [7, 11) is 1.95. The van der Waals surface area contributed by atoms with E-state index in [1.165, 1.54) is 0 Å². The highest BCUT2D eigenvalue weighted by Gasteiger charge is 2.19. The largest absolute Gasteiger partial charge is 0.313 e. The van der Waals surface area contributed by atoms with Crippen LogP contribution in [-0.2, 0) is 0 Å². The van der Waals surface area contributed by atoms with Crippen molar-refractivity contribution in [2.45, 2.75) is 26.3 Å². The van der Waals surface area contributed by atoms with Crippen molar-refractivity contribution < 1.29 is 0 Å². The van der Waals surface area contributed by atoms with Gasteiger partial charge in [-0.15, -0.1) is 0 Å². The highest BCUT2D eigenvalue weighted by atomic mass is 35.5. The first-order valence-corrected chi connectivity index (χ1v) is 5.98. The third-order valence-electron chi connectivity index (χ3n) is 2.84. The van der Waals surface area contributed by atoms with Crippen LogP contribution in [0.3, 0.4) is 0 Å². The topological polar surface area (TPSA) is 12.0 Å². The van der Waals surface area contributed by atoms with Gasteiger partial charge in [-0.1, -0.05) is 55.6 Å². The lowest BCUT2D eigenvalue weighted by molar-refractivity contribution is 0.400. The predicted molar refractivity (Wildman–Crippen MR) is 67.7 cm³/mol. The van der Waals surface area contributed by atoms with Crippen LogP contribution in [0.4, 0.5) is 0 Å². The Labute approximate surface area is 102 Å². The Hall–Kier alpha value is -0.240. The molecule has 0 fully saturated rings. The summed E-state index contributed by atoms with van der Waals surface area (Å²) in [6.07, 6.45) is 1.11. The van der Waals surface area contributed by atoms with Crippen molar-refractivity contribution in [2.24, 2.45) is 5.92 Å². The number of benzene rings is 1. The fraction of sp³-hybridized carbons (Fsp3) is 0.500. The first kappa shape index (κ1) is 12.8. The zero-order valence-electron chi connectivity index (χ0n) is 9.35. The minimum atomic E-state index is 0.265. The van der Waals surface area contributed by atoms with E-state index in [2.05, 4.69) is 19.2 Å². The van der Waals surface area contributed by atoms with Gasteiger partial charge in [0.2, 0.25) is 0 Å². The number of nitrogens with one attached hydrogen (secondary N) is 1. The second-order valence-corrected chi connectivity index (χ2v) is 4.58. The molecule has 0 spiro atoms. The summed E-state index contributed by atoms with van der Waals surface area (Å²) >= 11 is 12.2. The van der Waals surface area contributed by atoms with Crippen LogP contribution in [0, 0.1) is 5.92 Å². The molecule has 1 aromatic carbocycles. The Kier molecular flexibility index (Phi) is 4.91. The summed E-state index contributed by atoms with van der Waals surface area (Å²) in [6.45, 7) is 4.38. The molecular weight excluding hydrogens is 229 g/mol. The van der Waals surface area contributed by atoms with Crippen LogP contribution in [0.5, 0.6) is 0 Å². The maximum atomic E-state index is 6.20. The first-order valence-electron chi connectivity index (χ1n) is 5.23. The van der Waals surface area contributed by atoms with Crippen LogP contribution in [-0.4, -0.2) is 7.05 Å². The first-order chi connectivity index (χ1) is 7.11. The molecule has 1 N–H and O–H groups in total. The second kappa shape index (κ2) is 5.74. The van der Waals surface area contributed by atoms with E-state index in [1.54, 1.807) is 0 Å². The molecule has 3 heteroatoms. The fourth-order valence-electron chi connectivity index (χ4n) is 1.74. The third kappa shape index (κ3) is 2.87. The van der Waals surface area contributed by atoms with Crippen LogP contribution in [0.15, 0.2) is 18.2 Å². The highest BCUT2D eigenvalue weighted by molar-refractivity contribution is 6.42. The van der Waals surface area contributed by atoms with Gasteiger partial charge in [0.25, 0.3) is 0 Å². The monoisotopic (exact) mass is 245 g/mol. The predicted octanol–water partition coefficient (Wildman–Crippen LogP) is 4.30. The smallest absolute Gasteiger partial charge is 0.0640 e. The molecule has 0 saturated carbocycles. The van der Waals surface area contributed by atoms with Crippen molar-refractivity contribution in [2.75, 3.05) is 7.05 Å². The van der Waals surface area contributed by atoms with Gasteiger partial charge in [-0.3, -0.25) is 0 Å². The van der Waals surface area contributed by atoms with Crippen molar-refractivity contribution in [1.29, 1.82) is 0 Å². The second-order valence-electron chi connectivity index (χ2n) is 3.79. The van der Waals surface area contributed by atoms with Crippen molar-refractivity contribution in [3.63, 3.8) is 0 Å². The van der Waals surface area contributed by atoms with Crippen molar-refractivity contribution in [3.05, 3.63) is 33.8 Å². The Bertz CT molecular complexity index is 325. The van der Waals surface area contributed by atoms with Crippen LogP contribution in [0.1, 0.15) is 31.9 Å². The molecule has 0 aliphatic rings.